The second-order valence-corrected chi connectivity index (χ2v) is 10.7. The van der Waals surface area contributed by atoms with Crippen LogP contribution in [0.1, 0.15) is 53.1 Å². The van der Waals surface area contributed by atoms with Crippen LogP contribution in [-0.2, 0) is 13.1 Å². The zero-order valence-electron chi connectivity index (χ0n) is 22.4. The molecule has 10 nitrogen and oxygen atoms in total. The average Bonchev–Trinajstić information content (AvgIpc) is 3.45. The van der Waals surface area contributed by atoms with Gasteiger partial charge in [0.1, 0.15) is 41.5 Å². The predicted octanol–water partition coefficient (Wildman–Crippen LogP) is 4.72. The first kappa shape index (κ1) is 25.8. The van der Waals surface area contributed by atoms with Gasteiger partial charge in [0, 0.05) is 23.6 Å². The second kappa shape index (κ2) is 10.3. The molecule has 0 bridgehead atoms. The molecule has 0 amide bonds. The number of benzene rings is 1. The summed E-state index contributed by atoms with van der Waals surface area (Å²) in [4.78, 5) is 16.9. The molecule has 0 spiro atoms. The number of fused-ring (bicyclic) bond motifs is 1. The van der Waals surface area contributed by atoms with Crippen molar-refractivity contribution in [1.82, 2.24) is 25.4 Å². The molecule has 39 heavy (non-hydrogen) atoms. The highest BCUT2D eigenvalue weighted by Gasteiger charge is 2.34. The number of likely N-dealkylation sites (N-methyl/N-ethyl adjacent to an activating group) is 1. The van der Waals surface area contributed by atoms with E-state index < -0.39 is 6.10 Å². The first-order chi connectivity index (χ1) is 18.8. The SMILES string of the molecule is CNC[C@@H](O)COc1ccc(Cl)c(-c2nc(-c3c(C)noc3C)c(C)c(N3Cc4nc(C5CC5)oc4C3)n2)c1. The molecule has 0 radical (unpaired) electrons. The van der Waals surface area contributed by atoms with Crippen molar-refractivity contribution in [3.05, 3.63) is 57.6 Å². The molecule has 0 unspecified atom stereocenters. The van der Waals surface area contributed by atoms with E-state index in [-0.39, 0.29) is 6.61 Å². The fraction of sp³-hybridized carbons (Fsp3) is 0.429. The minimum atomic E-state index is -0.641. The molecule has 204 valence electrons. The van der Waals surface area contributed by atoms with E-state index in [0.29, 0.717) is 53.5 Å². The molecule has 4 heterocycles. The van der Waals surface area contributed by atoms with Gasteiger partial charge in [-0.15, -0.1) is 0 Å². The van der Waals surface area contributed by atoms with Crippen LogP contribution >= 0.6 is 11.6 Å². The van der Waals surface area contributed by atoms with E-state index in [9.17, 15) is 5.11 Å². The van der Waals surface area contributed by atoms with Crippen molar-refractivity contribution >= 4 is 17.4 Å². The maximum absolute atomic E-state index is 10.1. The van der Waals surface area contributed by atoms with Crippen molar-refractivity contribution in [3.63, 3.8) is 0 Å². The molecule has 1 aliphatic heterocycles. The summed E-state index contributed by atoms with van der Waals surface area (Å²) >= 11 is 6.68. The summed E-state index contributed by atoms with van der Waals surface area (Å²) in [5.74, 6) is 4.68. The van der Waals surface area contributed by atoms with E-state index in [1.165, 1.54) is 0 Å². The molecule has 6 rings (SSSR count). The predicted molar refractivity (Wildman–Crippen MR) is 146 cm³/mol. The largest absolute Gasteiger partial charge is 0.491 e. The summed E-state index contributed by atoms with van der Waals surface area (Å²) in [7, 11) is 1.78. The van der Waals surface area contributed by atoms with Gasteiger partial charge in [-0.3, -0.25) is 0 Å². The number of aliphatic hydroxyl groups excluding tert-OH is 1. The zero-order chi connectivity index (χ0) is 27.3. The minimum Gasteiger partial charge on any atom is -0.491 e. The van der Waals surface area contributed by atoms with Crippen LogP contribution in [0.4, 0.5) is 5.82 Å². The molecular formula is C28H31ClN6O4. The molecule has 2 N–H and O–H groups in total. The van der Waals surface area contributed by atoms with Gasteiger partial charge in [0.15, 0.2) is 11.7 Å². The highest BCUT2D eigenvalue weighted by molar-refractivity contribution is 6.33. The maximum Gasteiger partial charge on any atom is 0.197 e. The number of rotatable bonds is 9. The highest BCUT2D eigenvalue weighted by atomic mass is 35.5. The van der Waals surface area contributed by atoms with E-state index in [1.807, 2.05) is 20.8 Å². The van der Waals surface area contributed by atoms with E-state index in [4.69, 9.17) is 40.2 Å². The average molecular weight is 551 g/mol. The molecule has 11 heteroatoms. The lowest BCUT2D eigenvalue weighted by Gasteiger charge is -2.21. The number of hydrogen-bond donors (Lipinski definition) is 2. The van der Waals surface area contributed by atoms with Crippen molar-refractivity contribution in [2.75, 3.05) is 25.1 Å². The normalized spacial score (nSPS) is 15.6. The molecular weight excluding hydrogens is 520 g/mol. The molecule has 1 atom stereocenters. The molecule has 1 aromatic carbocycles. The second-order valence-electron chi connectivity index (χ2n) is 10.3. The Bertz CT molecular complexity index is 1490. The van der Waals surface area contributed by atoms with Crippen molar-refractivity contribution in [2.24, 2.45) is 0 Å². The third kappa shape index (κ3) is 4.99. The number of halogens is 1. The van der Waals surface area contributed by atoms with Gasteiger partial charge in [-0.1, -0.05) is 16.8 Å². The molecule has 1 saturated carbocycles. The van der Waals surface area contributed by atoms with Gasteiger partial charge < -0.3 is 29.0 Å². The topological polar surface area (TPSA) is 123 Å². The highest BCUT2D eigenvalue weighted by Crippen LogP contribution is 2.43. The number of anilines is 1. The Morgan fingerprint density at radius 3 is 2.69 bits per heavy atom. The van der Waals surface area contributed by atoms with Crippen molar-refractivity contribution in [1.29, 1.82) is 0 Å². The van der Waals surface area contributed by atoms with Gasteiger partial charge in [0.25, 0.3) is 0 Å². The first-order valence-corrected chi connectivity index (χ1v) is 13.5. The van der Waals surface area contributed by atoms with Gasteiger partial charge in [0.2, 0.25) is 0 Å². The van der Waals surface area contributed by atoms with Crippen molar-refractivity contribution < 1.29 is 18.8 Å². The van der Waals surface area contributed by atoms with Crippen molar-refractivity contribution in [3.8, 4) is 28.4 Å². The van der Waals surface area contributed by atoms with E-state index >= 15 is 0 Å². The van der Waals surface area contributed by atoms with Gasteiger partial charge in [0.05, 0.1) is 35.1 Å². The van der Waals surface area contributed by atoms with Gasteiger partial charge in [-0.25, -0.2) is 15.0 Å². The van der Waals surface area contributed by atoms with Crippen LogP contribution in [0.2, 0.25) is 5.02 Å². The number of oxazole rings is 1. The minimum absolute atomic E-state index is 0.139. The monoisotopic (exact) mass is 550 g/mol. The van der Waals surface area contributed by atoms with Crippen LogP contribution in [0, 0.1) is 20.8 Å². The van der Waals surface area contributed by atoms with E-state index in [0.717, 1.165) is 58.5 Å². The van der Waals surface area contributed by atoms with Crippen LogP contribution < -0.4 is 15.0 Å². The van der Waals surface area contributed by atoms with Crippen LogP contribution in [-0.4, -0.2) is 51.5 Å². The summed E-state index contributed by atoms with van der Waals surface area (Å²) in [6, 6.07) is 5.32. The van der Waals surface area contributed by atoms with Crippen LogP contribution in [0.5, 0.6) is 5.75 Å². The summed E-state index contributed by atoms with van der Waals surface area (Å²) in [6.07, 6.45) is 1.66. The first-order valence-electron chi connectivity index (χ1n) is 13.1. The number of nitrogens with zero attached hydrogens (tertiary/aromatic N) is 5. The zero-order valence-corrected chi connectivity index (χ0v) is 23.2. The Kier molecular flexibility index (Phi) is 6.78. The molecule has 1 aliphatic carbocycles. The standard InChI is InChI=1S/C28H31ClN6O4/c1-14-25(24-15(2)34-39-16(24)3)32-26(20-9-19(7-8-21(20)29)37-13-18(36)10-30-4)33-27(14)35-11-22-23(12-35)38-28(31-22)17-5-6-17/h7-9,17-18,30,36H,5-6,10-13H2,1-4H3/t18-/m1/s1. The fourth-order valence-corrected chi connectivity index (χ4v) is 5.17. The summed E-state index contributed by atoms with van der Waals surface area (Å²) in [6.45, 7) is 7.53. The van der Waals surface area contributed by atoms with Gasteiger partial charge in [-0.05, 0) is 58.9 Å². The van der Waals surface area contributed by atoms with E-state index in [1.54, 1.807) is 25.2 Å². The van der Waals surface area contributed by atoms with Gasteiger partial charge >= 0.3 is 0 Å². The number of hydrogen-bond acceptors (Lipinski definition) is 10. The Balaban J connectivity index is 1.40. The summed E-state index contributed by atoms with van der Waals surface area (Å²) < 4.78 is 17.4. The molecule has 2 aliphatic rings. The van der Waals surface area contributed by atoms with Crippen LogP contribution in [0.3, 0.4) is 0 Å². The molecule has 0 saturated heterocycles. The summed E-state index contributed by atoms with van der Waals surface area (Å²) in [5, 5.41) is 17.6. The number of aromatic nitrogens is 4. The quantitative estimate of drug-likeness (QED) is 0.302. The third-order valence-corrected chi connectivity index (χ3v) is 7.48. The lowest BCUT2D eigenvalue weighted by atomic mass is 10.0. The smallest absolute Gasteiger partial charge is 0.197 e. The van der Waals surface area contributed by atoms with Crippen LogP contribution in [0.25, 0.3) is 22.6 Å². The van der Waals surface area contributed by atoms with Crippen LogP contribution in [0.15, 0.2) is 27.1 Å². The Hall–Kier alpha value is -3.47. The summed E-state index contributed by atoms with van der Waals surface area (Å²) in [5.41, 5.74) is 4.80. The lowest BCUT2D eigenvalue weighted by molar-refractivity contribution is 0.108. The number of nitrogens with one attached hydrogen (secondary N) is 1. The number of aryl methyl sites for hydroxylation is 2. The Morgan fingerprint density at radius 2 is 2.00 bits per heavy atom. The lowest BCUT2D eigenvalue weighted by Crippen LogP contribution is -2.29. The maximum atomic E-state index is 10.1. The number of aliphatic hydroxyl groups is 1. The fourth-order valence-electron chi connectivity index (χ4n) is 4.97. The van der Waals surface area contributed by atoms with Crippen molar-refractivity contribution in [2.45, 2.75) is 58.7 Å². The van der Waals surface area contributed by atoms with E-state index in [2.05, 4.69) is 15.4 Å². The molecule has 1 fully saturated rings. The Morgan fingerprint density at radius 1 is 1.18 bits per heavy atom. The molecule has 4 aromatic rings. The third-order valence-electron chi connectivity index (χ3n) is 7.15. The van der Waals surface area contributed by atoms with Gasteiger partial charge in [-0.2, -0.15) is 0 Å². The molecule has 3 aromatic heterocycles. The Labute approximate surface area is 231 Å². The number of ether oxygens (including phenoxy) is 1.